The number of hydrogen-bond acceptors (Lipinski definition) is 4. The average Bonchev–Trinajstić information content (AvgIpc) is 3.40. The summed E-state index contributed by atoms with van der Waals surface area (Å²) in [5, 5.41) is 26.6. The zero-order valence-electron chi connectivity index (χ0n) is 18.2. The zero-order valence-corrected chi connectivity index (χ0v) is 19.3. The molecule has 5 heteroatoms. The predicted molar refractivity (Wildman–Crippen MR) is 119 cm³/mol. The van der Waals surface area contributed by atoms with Crippen LogP contribution < -0.4 is 20.9 Å². The summed E-state index contributed by atoms with van der Waals surface area (Å²) in [6.07, 6.45) is 6.27. The van der Waals surface area contributed by atoms with Crippen LogP contribution in [0.4, 0.5) is 0 Å². The predicted octanol–water partition coefficient (Wildman–Crippen LogP) is 1.33. The molecule has 162 valence electrons. The molecule has 0 amide bonds. The second kappa shape index (κ2) is 13.2. The Labute approximate surface area is 190 Å². The van der Waals surface area contributed by atoms with Crippen LogP contribution in [0.25, 0.3) is 11.5 Å². The summed E-state index contributed by atoms with van der Waals surface area (Å²) >= 11 is 0. The maximum atomic E-state index is 12.7. The Hall–Kier alpha value is -2.17. The van der Waals surface area contributed by atoms with Crippen molar-refractivity contribution in [3.63, 3.8) is 0 Å². The molecule has 0 radical (unpaired) electrons. The van der Waals surface area contributed by atoms with Crippen LogP contribution in [0.1, 0.15) is 13.8 Å². The van der Waals surface area contributed by atoms with Gasteiger partial charge in [-0.05, 0) is 53.6 Å². The molecule has 0 fully saturated rings. The third-order valence-corrected chi connectivity index (χ3v) is 4.67. The SMILES string of the molecule is CC(C)[C@@H](CO)N/C([O-])=c1/cccc/c1=C1\C=CC(CN(C)C)=C1.[Fe+2].c1cc[cH-]c1. The molecule has 1 atom stereocenters. The van der Waals surface area contributed by atoms with E-state index in [0.717, 1.165) is 17.3 Å². The van der Waals surface area contributed by atoms with Gasteiger partial charge in [-0.15, -0.1) is 0 Å². The number of aliphatic hydroxyl groups excluding tert-OH is 1. The molecule has 30 heavy (non-hydrogen) atoms. The van der Waals surface area contributed by atoms with Gasteiger partial charge in [0.05, 0.1) is 12.6 Å². The van der Waals surface area contributed by atoms with Gasteiger partial charge in [-0.2, -0.15) is 18.2 Å². The minimum atomic E-state index is -0.241. The summed E-state index contributed by atoms with van der Waals surface area (Å²) in [4.78, 5) is 2.12. The van der Waals surface area contributed by atoms with Crippen LogP contribution in [0.2, 0.25) is 0 Å². The molecular weight excluding hydrogens is 416 g/mol. The number of benzene rings is 1. The van der Waals surface area contributed by atoms with Gasteiger partial charge in [-0.1, -0.05) is 50.3 Å². The second-order valence-electron chi connectivity index (χ2n) is 7.76. The van der Waals surface area contributed by atoms with Crippen LogP contribution in [0.3, 0.4) is 0 Å². The molecule has 2 aromatic rings. The average molecular weight is 448 g/mol. The molecule has 0 heterocycles. The van der Waals surface area contributed by atoms with Crippen molar-refractivity contribution in [2.75, 3.05) is 27.2 Å². The third-order valence-electron chi connectivity index (χ3n) is 4.67. The molecule has 0 bridgehead atoms. The van der Waals surface area contributed by atoms with Crippen molar-refractivity contribution in [1.29, 1.82) is 0 Å². The second-order valence-corrected chi connectivity index (χ2v) is 7.76. The number of aliphatic hydroxyl groups is 1. The van der Waals surface area contributed by atoms with E-state index in [0.29, 0.717) is 5.22 Å². The van der Waals surface area contributed by atoms with Crippen molar-refractivity contribution < 1.29 is 27.3 Å². The maximum absolute atomic E-state index is 12.7. The Morgan fingerprint density at radius 2 is 1.77 bits per heavy atom. The van der Waals surface area contributed by atoms with Gasteiger partial charge in [0, 0.05) is 6.54 Å². The summed E-state index contributed by atoms with van der Waals surface area (Å²) in [6, 6.07) is 17.4. The Morgan fingerprint density at radius 3 is 2.30 bits per heavy atom. The third kappa shape index (κ3) is 7.92. The van der Waals surface area contributed by atoms with E-state index >= 15 is 0 Å². The van der Waals surface area contributed by atoms with E-state index in [4.69, 9.17) is 0 Å². The van der Waals surface area contributed by atoms with E-state index in [1.165, 1.54) is 5.57 Å². The molecule has 3 rings (SSSR count). The molecule has 2 N–H and O–H groups in total. The smallest absolute Gasteiger partial charge is 0.860 e. The molecule has 0 unspecified atom stereocenters. The molecular formula is C25H32FeN2O2. The Balaban J connectivity index is 0.000000655. The van der Waals surface area contributed by atoms with Gasteiger partial charge in [0.25, 0.3) is 0 Å². The van der Waals surface area contributed by atoms with Gasteiger partial charge in [0.2, 0.25) is 0 Å². The summed E-state index contributed by atoms with van der Waals surface area (Å²) in [6.45, 7) is 4.78. The van der Waals surface area contributed by atoms with Gasteiger partial charge < -0.3 is 20.4 Å². The van der Waals surface area contributed by atoms with Gasteiger partial charge in [-0.25, -0.2) is 12.1 Å². The number of likely N-dealkylation sites (N-methyl/N-ethyl adjacent to an activating group) is 1. The van der Waals surface area contributed by atoms with Gasteiger partial charge in [0.1, 0.15) is 0 Å². The Morgan fingerprint density at radius 1 is 1.10 bits per heavy atom. The van der Waals surface area contributed by atoms with Crippen molar-refractivity contribution in [3.8, 4) is 0 Å². The van der Waals surface area contributed by atoms with Crippen molar-refractivity contribution >= 4 is 11.5 Å². The molecule has 2 aromatic carbocycles. The molecule has 4 nitrogen and oxygen atoms in total. The van der Waals surface area contributed by atoms with Gasteiger partial charge >= 0.3 is 17.1 Å². The summed E-state index contributed by atoms with van der Waals surface area (Å²) < 4.78 is 0. The Bertz CT molecular complexity index is 911. The first-order valence-electron chi connectivity index (χ1n) is 10.0. The standard InChI is InChI=1S/C20H28N2O2.C5H5.Fe/c1-14(2)19(13-23)21-20(24)18-8-6-5-7-17(18)16-10-9-15(11-16)12-22(3)4;1-2-4-5-3-1;/h5-11,14,19,21,23-24H,12-13H2,1-4H3;1-5H;/q;-1;+2/p-1/b17-16-,20-18+;;/t19-;;/m1../s1. The van der Waals surface area contributed by atoms with Crippen LogP contribution in [-0.2, 0) is 17.1 Å². The number of hydrogen-bond donors (Lipinski definition) is 2. The molecule has 0 aliphatic heterocycles. The van der Waals surface area contributed by atoms with Crippen LogP contribution in [0.15, 0.2) is 78.4 Å². The van der Waals surface area contributed by atoms with Crippen LogP contribution in [0, 0.1) is 5.92 Å². The van der Waals surface area contributed by atoms with E-state index in [1.54, 1.807) is 0 Å². The fraction of sp³-hybridized carbons (Fsp3) is 0.320. The van der Waals surface area contributed by atoms with E-state index in [9.17, 15) is 10.2 Å². The van der Waals surface area contributed by atoms with Gasteiger partial charge in [-0.3, -0.25) is 0 Å². The van der Waals surface area contributed by atoms with Gasteiger partial charge in [0.15, 0.2) is 0 Å². The zero-order chi connectivity index (χ0) is 21.2. The van der Waals surface area contributed by atoms with E-state index in [2.05, 4.69) is 28.4 Å². The van der Waals surface area contributed by atoms with Crippen molar-refractivity contribution in [3.05, 3.63) is 88.8 Å². The van der Waals surface area contributed by atoms with E-state index in [1.807, 2.05) is 82.5 Å². The number of nitrogens with zero attached hydrogens (tertiary/aromatic N) is 1. The van der Waals surface area contributed by atoms with Crippen LogP contribution in [-0.4, -0.2) is 43.3 Å². The summed E-state index contributed by atoms with van der Waals surface area (Å²) in [5.41, 5.74) is 2.27. The Kier molecular flexibility index (Phi) is 11.4. The molecule has 1 aliphatic carbocycles. The quantitative estimate of drug-likeness (QED) is 0.517. The first-order chi connectivity index (χ1) is 13.9. The molecule has 0 saturated carbocycles. The molecule has 1 aliphatic rings. The van der Waals surface area contributed by atoms with E-state index < -0.39 is 0 Å². The first kappa shape index (κ1) is 25.9. The number of allylic oxidation sites excluding steroid dienone is 2. The monoisotopic (exact) mass is 448 g/mol. The maximum Gasteiger partial charge on any atom is 2.00 e. The van der Waals surface area contributed by atoms with Crippen molar-refractivity contribution in [1.82, 2.24) is 10.2 Å². The van der Waals surface area contributed by atoms with Crippen LogP contribution >= 0.6 is 0 Å². The van der Waals surface area contributed by atoms with Crippen LogP contribution in [0.5, 0.6) is 0 Å². The minimum Gasteiger partial charge on any atom is -0.860 e. The molecule has 0 saturated heterocycles. The largest absolute Gasteiger partial charge is 2.00 e. The van der Waals surface area contributed by atoms with Crippen molar-refractivity contribution in [2.45, 2.75) is 19.9 Å². The fourth-order valence-electron chi connectivity index (χ4n) is 3.05. The number of nitrogens with one attached hydrogen (secondary N) is 1. The normalized spacial score (nSPS) is 16.4. The topological polar surface area (TPSA) is 58.6 Å². The summed E-state index contributed by atoms with van der Waals surface area (Å²) in [5.74, 6) is 0.0328. The van der Waals surface area contributed by atoms with Crippen molar-refractivity contribution in [2.24, 2.45) is 5.92 Å². The number of rotatable bonds is 6. The summed E-state index contributed by atoms with van der Waals surface area (Å²) in [7, 11) is 4.07. The first-order valence-corrected chi connectivity index (χ1v) is 10.0. The fourth-order valence-corrected chi connectivity index (χ4v) is 3.05. The molecule has 0 spiro atoms. The minimum absolute atomic E-state index is 0. The molecule has 0 aromatic heterocycles. The van der Waals surface area contributed by atoms with E-state index in [-0.39, 0.29) is 41.5 Å².